The van der Waals surface area contributed by atoms with Crippen molar-refractivity contribution in [3.63, 3.8) is 0 Å². The SMILES string of the molecule is Cc1nc2cc(NC(=O)CN3CCCNCC3)ccc2o1. The molecule has 6 nitrogen and oxygen atoms in total. The minimum atomic E-state index is 0.0106. The van der Waals surface area contributed by atoms with E-state index in [9.17, 15) is 4.79 Å². The third-order valence-corrected chi connectivity index (χ3v) is 3.58. The number of aromatic nitrogens is 1. The van der Waals surface area contributed by atoms with Crippen LogP contribution in [-0.4, -0.2) is 48.5 Å². The van der Waals surface area contributed by atoms with Crippen LogP contribution in [0.3, 0.4) is 0 Å². The molecule has 1 aliphatic heterocycles. The lowest BCUT2D eigenvalue weighted by atomic mass is 10.3. The first kappa shape index (κ1) is 14.0. The summed E-state index contributed by atoms with van der Waals surface area (Å²) >= 11 is 0. The number of rotatable bonds is 3. The van der Waals surface area contributed by atoms with E-state index in [2.05, 4.69) is 20.5 Å². The molecule has 2 heterocycles. The highest BCUT2D eigenvalue weighted by atomic mass is 16.3. The molecule has 1 fully saturated rings. The molecule has 0 bridgehead atoms. The van der Waals surface area contributed by atoms with Crippen LogP contribution in [0.2, 0.25) is 0 Å². The zero-order valence-electron chi connectivity index (χ0n) is 12.2. The molecule has 1 amide bonds. The van der Waals surface area contributed by atoms with Crippen molar-refractivity contribution in [2.24, 2.45) is 0 Å². The van der Waals surface area contributed by atoms with Gasteiger partial charge in [-0.2, -0.15) is 0 Å². The van der Waals surface area contributed by atoms with E-state index in [0.717, 1.165) is 49.4 Å². The molecule has 2 aromatic rings. The third kappa shape index (κ3) is 3.59. The summed E-state index contributed by atoms with van der Waals surface area (Å²) in [5, 5.41) is 6.26. The van der Waals surface area contributed by atoms with E-state index in [1.165, 1.54) is 0 Å². The van der Waals surface area contributed by atoms with Gasteiger partial charge in [0.25, 0.3) is 0 Å². The second kappa shape index (κ2) is 6.24. The standard InChI is InChI=1S/C15H20N4O2/c1-11-17-13-9-12(3-4-14(13)21-11)18-15(20)10-19-7-2-5-16-6-8-19/h3-4,9,16H,2,5-8,10H2,1H3,(H,18,20). The molecule has 1 aliphatic rings. The summed E-state index contributed by atoms with van der Waals surface area (Å²) in [5.41, 5.74) is 2.27. The molecular weight excluding hydrogens is 268 g/mol. The van der Waals surface area contributed by atoms with Crippen molar-refractivity contribution in [3.8, 4) is 0 Å². The highest BCUT2D eigenvalue weighted by Crippen LogP contribution is 2.19. The van der Waals surface area contributed by atoms with Crippen LogP contribution < -0.4 is 10.6 Å². The van der Waals surface area contributed by atoms with Gasteiger partial charge in [-0.15, -0.1) is 0 Å². The molecule has 1 aromatic heterocycles. The zero-order chi connectivity index (χ0) is 14.7. The topological polar surface area (TPSA) is 70.4 Å². The van der Waals surface area contributed by atoms with Crippen LogP contribution in [0.1, 0.15) is 12.3 Å². The van der Waals surface area contributed by atoms with E-state index < -0.39 is 0 Å². The van der Waals surface area contributed by atoms with Gasteiger partial charge in [0.1, 0.15) is 5.52 Å². The van der Waals surface area contributed by atoms with E-state index in [1.54, 1.807) is 0 Å². The highest BCUT2D eigenvalue weighted by Gasteiger charge is 2.13. The maximum absolute atomic E-state index is 12.1. The normalized spacial score (nSPS) is 16.8. The van der Waals surface area contributed by atoms with Gasteiger partial charge in [0.2, 0.25) is 5.91 Å². The molecule has 0 spiro atoms. The average molecular weight is 288 g/mol. The molecular formula is C15H20N4O2. The van der Waals surface area contributed by atoms with E-state index in [1.807, 2.05) is 25.1 Å². The Kier molecular flexibility index (Phi) is 4.17. The van der Waals surface area contributed by atoms with E-state index in [4.69, 9.17) is 4.42 Å². The quantitative estimate of drug-likeness (QED) is 0.892. The summed E-state index contributed by atoms with van der Waals surface area (Å²) in [7, 11) is 0. The molecule has 2 N–H and O–H groups in total. The van der Waals surface area contributed by atoms with Crippen LogP contribution in [0.25, 0.3) is 11.1 Å². The first-order valence-electron chi connectivity index (χ1n) is 7.31. The van der Waals surface area contributed by atoms with Crippen molar-refractivity contribution in [1.29, 1.82) is 0 Å². The first-order valence-corrected chi connectivity index (χ1v) is 7.31. The Hall–Kier alpha value is -1.92. The number of aryl methyl sites for hydroxylation is 1. The van der Waals surface area contributed by atoms with Crippen molar-refractivity contribution in [2.75, 3.05) is 38.0 Å². The third-order valence-electron chi connectivity index (χ3n) is 3.58. The molecule has 1 aromatic carbocycles. The molecule has 21 heavy (non-hydrogen) atoms. The lowest BCUT2D eigenvalue weighted by Gasteiger charge is -2.18. The molecule has 0 saturated carbocycles. The number of hydrogen-bond acceptors (Lipinski definition) is 5. The van der Waals surface area contributed by atoms with Crippen molar-refractivity contribution in [2.45, 2.75) is 13.3 Å². The summed E-state index contributed by atoms with van der Waals surface area (Å²) in [6.07, 6.45) is 1.08. The van der Waals surface area contributed by atoms with E-state index in [0.29, 0.717) is 12.4 Å². The Morgan fingerprint density at radius 2 is 2.33 bits per heavy atom. The summed E-state index contributed by atoms with van der Waals surface area (Å²) in [5.74, 6) is 0.641. The van der Waals surface area contributed by atoms with Gasteiger partial charge in [-0.05, 0) is 37.7 Å². The number of fused-ring (bicyclic) bond motifs is 1. The Balaban J connectivity index is 1.62. The second-order valence-electron chi connectivity index (χ2n) is 5.34. The molecule has 112 valence electrons. The molecule has 0 unspecified atom stereocenters. The maximum Gasteiger partial charge on any atom is 0.238 e. The van der Waals surface area contributed by atoms with Crippen LogP contribution in [0.15, 0.2) is 22.6 Å². The first-order chi connectivity index (χ1) is 10.2. The van der Waals surface area contributed by atoms with Crippen molar-refractivity contribution >= 4 is 22.7 Å². The van der Waals surface area contributed by atoms with Crippen LogP contribution >= 0.6 is 0 Å². The zero-order valence-corrected chi connectivity index (χ0v) is 12.2. The van der Waals surface area contributed by atoms with Gasteiger partial charge in [0.05, 0.1) is 6.54 Å². The van der Waals surface area contributed by atoms with Crippen molar-refractivity contribution in [3.05, 3.63) is 24.1 Å². The van der Waals surface area contributed by atoms with E-state index in [-0.39, 0.29) is 5.91 Å². The number of nitrogens with one attached hydrogen (secondary N) is 2. The summed E-state index contributed by atoms with van der Waals surface area (Å²) < 4.78 is 5.42. The fourth-order valence-electron chi connectivity index (χ4n) is 2.58. The van der Waals surface area contributed by atoms with Crippen LogP contribution in [-0.2, 0) is 4.79 Å². The van der Waals surface area contributed by atoms with Gasteiger partial charge >= 0.3 is 0 Å². The van der Waals surface area contributed by atoms with Gasteiger partial charge in [0, 0.05) is 25.7 Å². The number of nitrogens with zero attached hydrogens (tertiary/aromatic N) is 2. The van der Waals surface area contributed by atoms with Gasteiger partial charge in [0.15, 0.2) is 11.5 Å². The Labute approximate surface area is 123 Å². The number of carbonyl (C=O) groups is 1. The molecule has 6 heteroatoms. The fourth-order valence-corrected chi connectivity index (χ4v) is 2.58. The molecule has 0 radical (unpaired) electrons. The summed E-state index contributed by atoms with van der Waals surface area (Å²) in [6.45, 7) is 6.08. The van der Waals surface area contributed by atoms with Crippen molar-refractivity contribution < 1.29 is 9.21 Å². The Morgan fingerprint density at radius 3 is 3.24 bits per heavy atom. The summed E-state index contributed by atoms with van der Waals surface area (Å²) in [6, 6.07) is 5.52. The highest BCUT2D eigenvalue weighted by molar-refractivity contribution is 5.94. The van der Waals surface area contributed by atoms with Gasteiger partial charge in [-0.3, -0.25) is 9.69 Å². The predicted molar refractivity (Wildman–Crippen MR) is 81.3 cm³/mol. The number of carbonyl (C=O) groups excluding carboxylic acids is 1. The second-order valence-corrected chi connectivity index (χ2v) is 5.34. The maximum atomic E-state index is 12.1. The van der Waals surface area contributed by atoms with Gasteiger partial charge < -0.3 is 15.1 Å². The average Bonchev–Trinajstić information content (AvgIpc) is 2.64. The minimum absolute atomic E-state index is 0.0106. The monoisotopic (exact) mass is 288 g/mol. The lowest BCUT2D eigenvalue weighted by molar-refractivity contribution is -0.117. The predicted octanol–water partition coefficient (Wildman–Crippen LogP) is 1.37. The smallest absolute Gasteiger partial charge is 0.238 e. The summed E-state index contributed by atoms with van der Waals surface area (Å²) in [4.78, 5) is 18.6. The molecule has 0 atom stereocenters. The number of amides is 1. The number of anilines is 1. The minimum Gasteiger partial charge on any atom is -0.441 e. The lowest BCUT2D eigenvalue weighted by Crippen LogP contribution is -2.35. The fraction of sp³-hybridized carbons (Fsp3) is 0.467. The molecule has 3 rings (SSSR count). The molecule has 0 aliphatic carbocycles. The number of oxazole rings is 1. The van der Waals surface area contributed by atoms with Crippen molar-refractivity contribution in [1.82, 2.24) is 15.2 Å². The number of hydrogen-bond donors (Lipinski definition) is 2. The van der Waals surface area contributed by atoms with E-state index >= 15 is 0 Å². The largest absolute Gasteiger partial charge is 0.441 e. The molecule has 1 saturated heterocycles. The number of benzene rings is 1. The Morgan fingerprint density at radius 1 is 1.43 bits per heavy atom. The Bertz CT molecular complexity index is 630. The van der Waals surface area contributed by atoms with Gasteiger partial charge in [-0.25, -0.2) is 4.98 Å². The van der Waals surface area contributed by atoms with Gasteiger partial charge in [-0.1, -0.05) is 0 Å². The van der Waals surface area contributed by atoms with Crippen LogP contribution in [0, 0.1) is 6.92 Å². The van der Waals surface area contributed by atoms with Crippen LogP contribution in [0.4, 0.5) is 5.69 Å². The van der Waals surface area contributed by atoms with Crippen LogP contribution in [0.5, 0.6) is 0 Å².